The first-order chi connectivity index (χ1) is 10.7. The summed E-state index contributed by atoms with van der Waals surface area (Å²) in [6.07, 6.45) is 4.86. The lowest BCUT2D eigenvalue weighted by Crippen LogP contribution is -2.08. The van der Waals surface area contributed by atoms with Gasteiger partial charge in [0.2, 0.25) is 0 Å². The number of aromatic nitrogens is 1. The Morgan fingerprint density at radius 1 is 1.27 bits per heavy atom. The minimum Gasteiger partial charge on any atom is -0.315 e. The van der Waals surface area contributed by atoms with E-state index in [1.165, 1.54) is 11.8 Å². The number of rotatable bonds is 6. The van der Waals surface area contributed by atoms with Crippen molar-refractivity contribution in [1.82, 2.24) is 4.98 Å². The molecule has 0 fully saturated rings. The van der Waals surface area contributed by atoms with Gasteiger partial charge in [-0.15, -0.1) is 0 Å². The molecule has 116 valence electrons. The number of carbonyl (C=O) groups excluding carboxylic acids is 1. The Hall–Kier alpha value is -1.33. The van der Waals surface area contributed by atoms with Crippen LogP contribution in [0.3, 0.4) is 0 Å². The van der Waals surface area contributed by atoms with Crippen LogP contribution in [-0.2, 0) is 12.2 Å². The summed E-state index contributed by atoms with van der Waals surface area (Å²) in [7, 11) is 0. The van der Waals surface area contributed by atoms with Crippen molar-refractivity contribution in [3.63, 3.8) is 0 Å². The molecule has 0 saturated carbocycles. The summed E-state index contributed by atoms with van der Waals surface area (Å²) >= 11 is 4.67. The highest BCUT2D eigenvalue weighted by Crippen LogP contribution is 2.20. The standard InChI is InChI=1S/C17H19BrN2OS/c1-2-3-5-15-16(6-4-11-19-15)20-17(21)22-12-13-7-9-14(18)10-8-13/h4,6-11H,2-3,5,12H2,1H3,(H,20,21). The number of pyridine rings is 1. The molecule has 0 saturated heterocycles. The predicted octanol–water partition coefficient (Wildman–Crippen LogP) is 5.65. The molecule has 2 aromatic rings. The number of amides is 1. The summed E-state index contributed by atoms with van der Waals surface area (Å²) in [5.41, 5.74) is 2.91. The van der Waals surface area contributed by atoms with Crippen LogP contribution in [0.15, 0.2) is 47.1 Å². The highest BCUT2D eigenvalue weighted by molar-refractivity contribution is 9.10. The van der Waals surface area contributed by atoms with Crippen LogP contribution in [0.4, 0.5) is 10.5 Å². The van der Waals surface area contributed by atoms with Crippen LogP contribution < -0.4 is 5.32 Å². The number of hydrogen-bond donors (Lipinski definition) is 1. The summed E-state index contributed by atoms with van der Waals surface area (Å²) in [6.45, 7) is 2.15. The van der Waals surface area contributed by atoms with Crippen molar-refractivity contribution >= 4 is 38.6 Å². The number of halogens is 1. The molecule has 5 heteroatoms. The molecule has 0 bridgehead atoms. The fraction of sp³-hybridized carbons (Fsp3) is 0.294. The summed E-state index contributed by atoms with van der Waals surface area (Å²) < 4.78 is 1.04. The van der Waals surface area contributed by atoms with E-state index in [1.807, 2.05) is 36.4 Å². The average molecular weight is 379 g/mol. The minimum absolute atomic E-state index is 0.0475. The molecule has 3 nitrogen and oxygen atoms in total. The molecule has 1 N–H and O–H groups in total. The van der Waals surface area contributed by atoms with E-state index in [2.05, 4.69) is 33.2 Å². The van der Waals surface area contributed by atoms with Gasteiger partial charge in [-0.05, 0) is 42.7 Å². The largest absolute Gasteiger partial charge is 0.315 e. The molecule has 22 heavy (non-hydrogen) atoms. The Labute approximate surface area is 144 Å². The molecule has 0 spiro atoms. The van der Waals surface area contributed by atoms with Gasteiger partial charge in [-0.25, -0.2) is 0 Å². The van der Waals surface area contributed by atoms with E-state index in [9.17, 15) is 4.79 Å². The number of hydrogen-bond acceptors (Lipinski definition) is 3. The maximum atomic E-state index is 12.1. The average Bonchev–Trinajstić information content (AvgIpc) is 2.53. The highest BCUT2D eigenvalue weighted by Gasteiger charge is 2.08. The second kappa shape index (κ2) is 8.96. The lowest BCUT2D eigenvalue weighted by Gasteiger charge is -2.09. The summed E-state index contributed by atoms with van der Waals surface area (Å²) in [6, 6.07) is 11.8. The third-order valence-electron chi connectivity index (χ3n) is 3.18. The number of aryl methyl sites for hydroxylation is 1. The van der Waals surface area contributed by atoms with Crippen LogP contribution in [-0.4, -0.2) is 10.2 Å². The zero-order chi connectivity index (χ0) is 15.8. The molecule has 0 unspecified atom stereocenters. The smallest absolute Gasteiger partial charge is 0.283 e. The molecule has 1 heterocycles. The molecular weight excluding hydrogens is 360 g/mol. The molecule has 2 rings (SSSR count). The Balaban J connectivity index is 1.90. The second-order valence-corrected chi connectivity index (χ2v) is 6.79. The lowest BCUT2D eigenvalue weighted by atomic mass is 10.1. The SMILES string of the molecule is CCCCc1ncccc1NC(=O)SCc1ccc(Br)cc1. The van der Waals surface area contributed by atoms with Crippen molar-refractivity contribution in [2.75, 3.05) is 5.32 Å². The van der Waals surface area contributed by atoms with Crippen molar-refractivity contribution in [2.24, 2.45) is 0 Å². The van der Waals surface area contributed by atoms with Crippen molar-refractivity contribution in [2.45, 2.75) is 31.9 Å². The van der Waals surface area contributed by atoms with E-state index in [0.717, 1.165) is 40.7 Å². The first kappa shape index (κ1) is 17.0. The molecular formula is C17H19BrN2OS. The van der Waals surface area contributed by atoms with Crippen molar-refractivity contribution in [1.29, 1.82) is 0 Å². The molecule has 0 radical (unpaired) electrons. The number of thioether (sulfide) groups is 1. The fourth-order valence-corrected chi connectivity index (χ4v) is 2.91. The monoisotopic (exact) mass is 378 g/mol. The van der Waals surface area contributed by atoms with E-state index >= 15 is 0 Å². The van der Waals surface area contributed by atoms with E-state index in [-0.39, 0.29) is 5.24 Å². The van der Waals surface area contributed by atoms with Gasteiger partial charge < -0.3 is 5.32 Å². The van der Waals surface area contributed by atoms with E-state index < -0.39 is 0 Å². The Kier molecular flexibility index (Phi) is 6.93. The minimum atomic E-state index is -0.0475. The predicted molar refractivity (Wildman–Crippen MR) is 97.3 cm³/mol. The van der Waals surface area contributed by atoms with Crippen molar-refractivity contribution in [3.05, 3.63) is 58.3 Å². The van der Waals surface area contributed by atoms with Gasteiger partial charge in [0.15, 0.2) is 0 Å². The number of nitrogens with one attached hydrogen (secondary N) is 1. The van der Waals surface area contributed by atoms with Crippen LogP contribution in [0.25, 0.3) is 0 Å². The van der Waals surface area contributed by atoms with Crippen LogP contribution >= 0.6 is 27.7 Å². The van der Waals surface area contributed by atoms with Crippen LogP contribution in [0.2, 0.25) is 0 Å². The van der Waals surface area contributed by atoms with Gasteiger partial charge in [-0.2, -0.15) is 0 Å². The molecule has 1 aromatic carbocycles. The van der Waals surface area contributed by atoms with Gasteiger partial charge in [-0.1, -0.05) is 53.2 Å². The number of carbonyl (C=O) groups is 1. The normalized spacial score (nSPS) is 10.5. The molecule has 1 amide bonds. The Bertz CT molecular complexity index is 616. The number of unbranched alkanes of at least 4 members (excludes halogenated alkanes) is 1. The first-order valence-corrected chi connectivity index (χ1v) is 9.09. The lowest BCUT2D eigenvalue weighted by molar-refractivity contribution is 0.269. The van der Waals surface area contributed by atoms with Gasteiger partial charge >= 0.3 is 0 Å². The zero-order valence-corrected chi connectivity index (χ0v) is 14.9. The molecule has 0 aliphatic carbocycles. The van der Waals surface area contributed by atoms with E-state index in [0.29, 0.717) is 5.75 Å². The molecule has 0 aliphatic heterocycles. The first-order valence-electron chi connectivity index (χ1n) is 7.31. The number of benzene rings is 1. The van der Waals surface area contributed by atoms with Crippen molar-refractivity contribution < 1.29 is 4.79 Å². The van der Waals surface area contributed by atoms with Gasteiger partial charge in [-0.3, -0.25) is 9.78 Å². The van der Waals surface area contributed by atoms with Gasteiger partial charge in [0.25, 0.3) is 5.24 Å². The van der Waals surface area contributed by atoms with Gasteiger partial charge in [0, 0.05) is 16.4 Å². The molecule has 0 aliphatic rings. The van der Waals surface area contributed by atoms with E-state index in [1.54, 1.807) is 6.20 Å². The second-order valence-electron chi connectivity index (χ2n) is 4.93. The summed E-state index contributed by atoms with van der Waals surface area (Å²) in [5, 5.41) is 2.91. The highest BCUT2D eigenvalue weighted by atomic mass is 79.9. The molecule has 1 aromatic heterocycles. The maximum Gasteiger partial charge on any atom is 0.283 e. The van der Waals surface area contributed by atoms with Crippen molar-refractivity contribution in [3.8, 4) is 0 Å². The van der Waals surface area contributed by atoms with Gasteiger partial charge in [0.1, 0.15) is 0 Å². The summed E-state index contributed by atoms with van der Waals surface area (Å²) in [5.74, 6) is 0.656. The van der Waals surface area contributed by atoms with Crippen LogP contribution in [0, 0.1) is 0 Å². The van der Waals surface area contributed by atoms with Crippen LogP contribution in [0.5, 0.6) is 0 Å². The topological polar surface area (TPSA) is 42.0 Å². The maximum absolute atomic E-state index is 12.1. The summed E-state index contributed by atoms with van der Waals surface area (Å²) in [4.78, 5) is 16.5. The Morgan fingerprint density at radius 3 is 2.77 bits per heavy atom. The zero-order valence-electron chi connectivity index (χ0n) is 12.5. The molecule has 0 atom stereocenters. The van der Waals surface area contributed by atoms with Crippen LogP contribution in [0.1, 0.15) is 31.0 Å². The quantitative estimate of drug-likeness (QED) is 0.705. The Morgan fingerprint density at radius 2 is 2.05 bits per heavy atom. The van der Waals surface area contributed by atoms with Gasteiger partial charge in [0.05, 0.1) is 11.4 Å². The third kappa shape index (κ3) is 5.46. The number of anilines is 1. The number of nitrogens with zero attached hydrogens (tertiary/aromatic N) is 1. The fourth-order valence-electron chi connectivity index (χ4n) is 1.97. The third-order valence-corrected chi connectivity index (χ3v) is 4.55. The van der Waals surface area contributed by atoms with E-state index in [4.69, 9.17) is 0 Å².